The minimum Gasteiger partial charge on any atom is -0.464 e. The van der Waals surface area contributed by atoms with Gasteiger partial charge in [0.05, 0.1) is 28.4 Å². The zero-order valence-corrected chi connectivity index (χ0v) is 19.5. The number of nitrogens with one attached hydrogen (secondary N) is 1. The Morgan fingerprint density at radius 1 is 1.03 bits per heavy atom. The number of nitrogens with zero attached hydrogens (tertiary/aromatic N) is 1. The van der Waals surface area contributed by atoms with Crippen LogP contribution in [0.3, 0.4) is 0 Å². The molecule has 2 aromatic carbocycles. The molecular weight excluding hydrogens is 451 g/mol. The Kier molecular flexibility index (Phi) is 7.06. The number of pyridine rings is 1. The van der Waals surface area contributed by atoms with Gasteiger partial charge in [0.1, 0.15) is 11.3 Å². The maximum Gasteiger partial charge on any atom is 0.412 e. The van der Waals surface area contributed by atoms with Crippen LogP contribution in [-0.2, 0) is 14.3 Å². The highest BCUT2D eigenvalue weighted by Crippen LogP contribution is 2.34. The van der Waals surface area contributed by atoms with E-state index in [4.69, 9.17) is 32.7 Å². The monoisotopic (exact) mass is 472 g/mol. The van der Waals surface area contributed by atoms with E-state index in [1.165, 1.54) is 13.2 Å². The fourth-order valence-electron chi connectivity index (χ4n) is 2.95. The van der Waals surface area contributed by atoms with Gasteiger partial charge in [-0.25, -0.2) is 14.6 Å². The Hall–Kier alpha value is -3.09. The number of hydrogen-bond acceptors (Lipinski definition) is 5. The summed E-state index contributed by atoms with van der Waals surface area (Å²) in [5, 5.41) is 4.30. The van der Waals surface area contributed by atoms with E-state index in [1.807, 2.05) is 18.2 Å². The molecule has 1 heterocycles. The summed E-state index contributed by atoms with van der Waals surface area (Å²) in [5.41, 5.74) is 1.94. The normalized spacial score (nSPS) is 11.9. The second-order valence-electron chi connectivity index (χ2n) is 7.92. The topological polar surface area (TPSA) is 77.5 Å². The van der Waals surface area contributed by atoms with Crippen LogP contribution in [0, 0.1) is 0 Å². The van der Waals surface area contributed by atoms with Gasteiger partial charge in [-0.3, -0.25) is 5.32 Å². The third kappa shape index (κ3) is 5.78. The predicted molar refractivity (Wildman–Crippen MR) is 127 cm³/mol. The van der Waals surface area contributed by atoms with E-state index in [0.717, 1.165) is 10.9 Å². The number of hydrogen-bond donors (Lipinski definition) is 1. The summed E-state index contributed by atoms with van der Waals surface area (Å²) >= 11 is 12.6. The highest BCUT2D eigenvalue weighted by Gasteiger charge is 2.20. The minimum absolute atomic E-state index is 0.0477. The van der Waals surface area contributed by atoms with Gasteiger partial charge in [-0.15, -0.1) is 0 Å². The largest absolute Gasteiger partial charge is 0.464 e. The summed E-state index contributed by atoms with van der Waals surface area (Å²) in [6, 6.07) is 14.4. The Morgan fingerprint density at radius 2 is 1.72 bits per heavy atom. The lowest BCUT2D eigenvalue weighted by molar-refractivity contribution is -0.136. The maximum absolute atomic E-state index is 12.1. The van der Waals surface area contributed by atoms with Gasteiger partial charge >= 0.3 is 12.1 Å². The number of methoxy groups -OCH3 is 1. The van der Waals surface area contributed by atoms with Crippen molar-refractivity contribution in [2.24, 2.45) is 0 Å². The molecule has 0 spiro atoms. The number of amides is 1. The number of ether oxygens (including phenoxy) is 2. The van der Waals surface area contributed by atoms with Crippen LogP contribution in [0.15, 0.2) is 54.2 Å². The van der Waals surface area contributed by atoms with E-state index < -0.39 is 17.7 Å². The molecule has 0 aliphatic rings. The van der Waals surface area contributed by atoms with E-state index in [0.29, 0.717) is 26.9 Å². The maximum atomic E-state index is 12.1. The quantitative estimate of drug-likeness (QED) is 0.358. The van der Waals surface area contributed by atoms with Gasteiger partial charge in [-0.1, -0.05) is 41.4 Å². The Labute approximate surface area is 196 Å². The molecule has 3 aromatic rings. The molecule has 0 bridgehead atoms. The number of aromatic nitrogens is 1. The molecule has 0 unspecified atom stereocenters. The number of esters is 1. The number of benzene rings is 2. The second-order valence-corrected chi connectivity index (χ2v) is 8.74. The molecule has 166 valence electrons. The molecule has 0 radical (unpaired) electrons. The number of fused-ring (bicyclic) bond motifs is 1. The molecule has 0 saturated carbocycles. The van der Waals surface area contributed by atoms with E-state index >= 15 is 0 Å². The summed E-state index contributed by atoms with van der Waals surface area (Å²) < 4.78 is 9.99. The molecule has 0 atom stereocenters. The fourth-order valence-corrected chi connectivity index (χ4v) is 3.54. The van der Waals surface area contributed by atoms with Gasteiger partial charge in [-0.05, 0) is 62.7 Å². The van der Waals surface area contributed by atoms with Gasteiger partial charge in [0.25, 0.3) is 0 Å². The van der Waals surface area contributed by atoms with Gasteiger partial charge in [-0.2, -0.15) is 0 Å². The van der Waals surface area contributed by atoms with Crippen molar-refractivity contribution in [3.05, 3.63) is 69.8 Å². The third-order valence-electron chi connectivity index (χ3n) is 4.28. The van der Waals surface area contributed by atoms with Gasteiger partial charge in [0, 0.05) is 10.9 Å². The molecule has 0 saturated heterocycles. The van der Waals surface area contributed by atoms with Crippen molar-refractivity contribution in [3.63, 3.8) is 0 Å². The van der Waals surface area contributed by atoms with Crippen molar-refractivity contribution >= 4 is 52.2 Å². The van der Waals surface area contributed by atoms with Crippen LogP contribution < -0.4 is 5.32 Å². The molecule has 0 aliphatic heterocycles. The molecule has 1 N–H and O–H groups in total. The summed E-state index contributed by atoms with van der Waals surface area (Å²) in [5.74, 6) is -0.696. The second kappa shape index (κ2) is 9.59. The van der Waals surface area contributed by atoms with Crippen molar-refractivity contribution in [1.82, 2.24) is 10.3 Å². The van der Waals surface area contributed by atoms with Crippen LogP contribution >= 0.6 is 23.2 Å². The third-order valence-corrected chi connectivity index (χ3v) is 4.91. The van der Waals surface area contributed by atoms with E-state index in [1.54, 1.807) is 51.1 Å². The van der Waals surface area contributed by atoms with E-state index in [9.17, 15) is 9.59 Å². The van der Waals surface area contributed by atoms with Crippen LogP contribution in [0.25, 0.3) is 28.2 Å². The highest BCUT2D eigenvalue weighted by atomic mass is 35.5. The van der Waals surface area contributed by atoms with E-state index in [2.05, 4.69) is 10.3 Å². The highest BCUT2D eigenvalue weighted by molar-refractivity contribution is 6.39. The summed E-state index contributed by atoms with van der Waals surface area (Å²) in [6.07, 6.45) is 0.756. The summed E-state index contributed by atoms with van der Waals surface area (Å²) in [7, 11) is 1.23. The lowest BCUT2D eigenvalue weighted by atomic mass is 10.1. The van der Waals surface area contributed by atoms with Crippen LogP contribution in [0.4, 0.5) is 4.79 Å². The van der Waals surface area contributed by atoms with Crippen LogP contribution in [0.1, 0.15) is 26.3 Å². The Morgan fingerprint density at radius 3 is 2.34 bits per heavy atom. The molecule has 8 heteroatoms. The molecule has 0 aliphatic carbocycles. The predicted octanol–water partition coefficient (Wildman–Crippen LogP) is 6.25. The first kappa shape index (κ1) is 23.6. The molecule has 1 amide bonds. The first-order chi connectivity index (χ1) is 15.1. The SMILES string of the molecule is COC(=O)/C(=C\c1ccc2nc(-c3c(Cl)cccc3Cl)ccc2c1)NC(=O)OC(C)(C)C. The zero-order chi connectivity index (χ0) is 23.5. The van der Waals surface area contributed by atoms with E-state index in [-0.39, 0.29) is 5.70 Å². The van der Waals surface area contributed by atoms with Crippen LogP contribution in [-0.4, -0.2) is 29.8 Å². The first-order valence-electron chi connectivity index (χ1n) is 9.72. The molecule has 6 nitrogen and oxygen atoms in total. The lowest BCUT2D eigenvalue weighted by Gasteiger charge is -2.20. The molecular formula is C24H22Cl2N2O4. The van der Waals surface area contributed by atoms with Crippen molar-refractivity contribution in [2.75, 3.05) is 7.11 Å². The summed E-state index contributed by atoms with van der Waals surface area (Å²) in [4.78, 5) is 28.9. The average Bonchev–Trinajstić information content (AvgIpc) is 2.71. The number of rotatable bonds is 4. The Balaban J connectivity index is 1.94. The average molecular weight is 473 g/mol. The number of halogens is 2. The number of carbonyl (C=O) groups excluding carboxylic acids is 2. The van der Waals surface area contributed by atoms with Crippen LogP contribution in [0.5, 0.6) is 0 Å². The number of alkyl carbamates (subject to hydrolysis) is 1. The lowest BCUT2D eigenvalue weighted by Crippen LogP contribution is -2.34. The van der Waals surface area contributed by atoms with Crippen molar-refractivity contribution in [1.29, 1.82) is 0 Å². The van der Waals surface area contributed by atoms with Crippen molar-refractivity contribution < 1.29 is 19.1 Å². The van der Waals surface area contributed by atoms with Crippen LogP contribution in [0.2, 0.25) is 10.0 Å². The summed E-state index contributed by atoms with van der Waals surface area (Å²) in [6.45, 7) is 5.19. The Bertz CT molecular complexity index is 1200. The van der Waals surface area contributed by atoms with Gasteiger partial charge < -0.3 is 9.47 Å². The van der Waals surface area contributed by atoms with Crippen molar-refractivity contribution in [3.8, 4) is 11.3 Å². The molecule has 0 fully saturated rings. The number of carbonyl (C=O) groups is 2. The fraction of sp³-hybridized carbons (Fsp3) is 0.208. The molecule has 32 heavy (non-hydrogen) atoms. The first-order valence-corrected chi connectivity index (χ1v) is 10.5. The molecule has 1 aromatic heterocycles. The van der Waals surface area contributed by atoms with Crippen molar-refractivity contribution in [2.45, 2.75) is 26.4 Å². The zero-order valence-electron chi connectivity index (χ0n) is 18.0. The van der Waals surface area contributed by atoms with Gasteiger partial charge in [0.2, 0.25) is 0 Å². The minimum atomic E-state index is -0.752. The standard InChI is InChI=1S/C24H22Cl2N2O4/c1-24(2,3)32-23(30)28-20(22(29)31-4)13-14-8-10-18-15(12-14)9-11-19(27-18)21-16(25)6-5-7-17(21)26/h5-13H,1-4H3,(H,28,30)/b20-13+. The smallest absolute Gasteiger partial charge is 0.412 e. The molecule has 3 rings (SSSR count). The van der Waals surface area contributed by atoms with Gasteiger partial charge in [0.15, 0.2) is 0 Å².